The molecular formula is C11H20N4O2S. The van der Waals surface area contributed by atoms with Gasteiger partial charge in [0.15, 0.2) is 5.03 Å². The summed E-state index contributed by atoms with van der Waals surface area (Å²) in [6, 6.07) is 1.50. The van der Waals surface area contributed by atoms with Gasteiger partial charge in [0.2, 0.25) is 0 Å². The van der Waals surface area contributed by atoms with Gasteiger partial charge >= 0.3 is 0 Å². The molecule has 2 rings (SSSR count). The highest BCUT2D eigenvalue weighted by molar-refractivity contribution is 7.89. The van der Waals surface area contributed by atoms with Gasteiger partial charge < -0.3 is 5.32 Å². The lowest BCUT2D eigenvalue weighted by atomic mass is 10.00. The first-order valence-corrected chi connectivity index (χ1v) is 7.79. The number of H-pyrrole nitrogens is 1. The van der Waals surface area contributed by atoms with E-state index in [4.69, 9.17) is 0 Å². The van der Waals surface area contributed by atoms with Gasteiger partial charge in [0.1, 0.15) is 0 Å². The summed E-state index contributed by atoms with van der Waals surface area (Å²) in [4.78, 5) is 0. The maximum Gasteiger partial charge on any atom is 0.259 e. The molecule has 1 aromatic heterocycles. The first-order chi connectivity index (χ1) is 8.64. The minimum Gasteiger partial charge on any atom is -0.316 e. The lowest BCUT2D eigenvalue weighted by molar-refractivity contribution is 0.297. The van der Waals surface area contributed by atoms with Crippen molar-refractivity contribution in [1.82, 2.24) is 19.8 Å². The van der Waals surface area contributed by atoms with Gasteiger partial charge in [-0.25, -0.2) is 8.42 Å². The van der Waals surface area contributed by atoms with Crippen LogP contribution in [0.1, 0.15) is 19.8 Å². The lowest BCUT2D eigenvalue weighted by Gasteiger charge is -2.28. The van der Waals surface area contributed by atoms with Crippen molar-refractivity contribution in [3.8, 4) is 0 Å². The van der Waals surface area contributed by atoms with E-state index < -0.39 is 10.0 Å². The summed E-state index contributed by atoms with van der Waals surface area (Å²) in [5.74, 6) is 0.399. The van der Waals surface area contributed by atoms with E-state index >= 15 is 0 Å². The van der Waals surface area contributed by atoms with Gasteiger partial charge in [0.25, 0.3) is 10.0 Å². The van der Waals surface area contributed by atoms with Crippen molar-refractivity contribution in [2.24, 2.45) is 5.92 Å². The van der Waals surface area contributed by atoms with Gasteiger partial charge in [-0.1, -0.05) is 6.92 Å². The van der Waals surface area contributed by atoms with Gasteiger partial charge in [-0.05, 0) is 37.9 Å². The van der Waals surface area contributed by atoms with E-state index in [1.165, 1.54) is 16.6 Å². The maximum absolute atomic E-state index is 12.3. The molecule has 1 aliphatic rings. The fraction of sp³-hybridized carbons (Fsp3) is 0.727. The summed E-state index contributed by atoms with van der Waals surface area (Å²) in [5, 5.41) is 9.73. The fourth-order valence-electron chi connectivity index (χ4n) is 2.29. The van der Waals surface area contributed by atoms with E-state index in [0.29, 0.717) is 19.0 Å². The molecule has 1 atom stereocenters. The molecule has 7 heteroatoms. The third-order valence-electron chi connectivity index (χ3n) is 3.31. The molecule has 1 aromatic rings. The zero-order chi connectivity index (χ0) is 13.0. The Kier molecular flexibility index (Phi) is 4.36. The second-order valence-corrected chi connectivity index (χ2v) is 6.50. The number of nitrogens with zero attached hydrogens (tertiary/aromatic N) is 2. The molecule has 0 aliphatic carbocycles. The Labute approximate surface area is 108 Å². The summed E-state index contributed by atoms with van der Waals surface area (Å²) < 4.78 is 26.2. The second-order valence-electron chi connectivity index (χ2n) is 4.59. The zero-order valence-corrected chi connectivity index (χ0v) is 11.4. The molecule has 0 aromatic carbocycles. The number of rotatable bonds is 5. The normalized spacial score (nSPS) is 21.3. The summed E-state index contributed by atoms with van der Waals surface area (Å²) in [5.41, 5.74) is 0. The molecule has 0 radical (unpaired) electrons. The molecule has 102 valence electrons. The molecule has 1 fully saturated rings. The van der Waals surface area contributed by atoms with Crippen LogP contribution in [0.5, 0.6) is 0 Å². The van der Waals surface area contributed by atoms with Crippen LogP contribution < -0.4 is 5.32 Å². The third-order valence-corrected chi connectivity index (χ3v) is 5.18. The molecule has 18 heavy (non-hydrogen) atoms. The molecule has 1 unspecified atom stereocenters. The van der Waals surface area contributed by atoms with Gasteiger partial charge in [0.05, 0.1) is 6.20 Å². The average molecular weight is 272 g/mol. The van der Waals surface area contributed by atoms with E-state index in [1.807, 2.05) is 6.92 Å². The topological polar surface area (TPSA) is 78.1 Å². The Morgan fingerprint density at radius 3 is 2.94 bits per heavy atom. The van der Waals surface area contributed by atoms with Crippen LogP contribution in [-0.2, 0) is 10.0 Å². The molecule has 2 N–H and O–H groups in total. The third kappa shape index (κ3) is 2.90. The zero-order valence-electron chi connectivity index (χ0n) is 10.6. The van der Waals surface area contributed by atoms with E-state index in [0.717, 1.165) is 25.9 Å². The van der Waals surface area contributed by atoms with Crippen LogP contribution in [-0.4, -0.2) is 49.1 Å². The van der Waals surface area contributed by atoms with Gasteiger partial charge in [-0.3, -0.25) is 5.10 Å². The Morgan fingerprint density at radius 1 is 1.56 bits per heavy atom. The van der Waals surface area contributed by atoms with Gasteiger partial charge in [-0.15, -0.1) is 0 Å². The summed E-state index contributed by atoms with van der Waals surface area (Å²) in [7, 11) is -3.42. The molecule has 1 aliphatic heterocycles. The van der Waals surface area contributed by atoms with Crippen LogP contribution in [0.4, 0.5) is 0 Å². The number of hydrogen-bond donors (Lipinski definition) is 2. The Hall–Kier alpha value is -0.920. The van der Waals surface area contributed by atoms with E-state index in [9.17, 15) is 8.42 Å². The average Bonchev–Trinajstić information content (AvgIpc) is 2.91. The molecule has 0 saturated carbocycles. The van der Waals surface area contributed by atoms with Crippen molar-refractivity contribution >= 4 is 10.0 Å². The molecule has 0 amide bonds. The Bertz CT molecular complexity index is 451. The van der Waals surface area contributed by atoms with Crippen LogP contribution in [0.2, 0.25) is 0 Å². The molecule has 2 heterocycles. The first kappa shape index (κ1) is 13.5. The SMILES string of the molecule is CCN(CC1CCCNC1)S(=O)(=O)c1ccn[nH]1. The molecule has 1 saturated heterocycles. The van der Waals surface area contributed by atoms with E-state index in [2.05, 4.69) is 15.5 Å². The molecule has 0 spiro atoms. The van der Waals surface area contributed by atoms with Crippen LogP contribution in [0.15, 0.2) is 17.3 Å². The minimum absolute atomic E-state index is 0.174. The molecule has 6 nitrogen and oxygen atoms in total. The molecule has 0 bridgehead atoms. The van der Waals surface area contributed by atoms with Crippen LogP contribution in [0.25, 0.3) is 0 Å². The number of aromatic nitrogens is 2. The second kappa shape index (κ2) is 5.81. The standard InChI is InChI=1S/C11H20N4O2S/c1-2-15(9-10-4-3-6-12-8-10)18(16,17)11-5-7-13-14-11/h5,7,10,12H,2-4,6,8-9H2,1H3,(H,13,14). The van der Waals surface area contributed by atoms with Gasteiger partial charge in [0, 0.05) is 13.1 Å². The predicted molar refractivity (Wildman–Crippen MR) is 68.6 cm³/mol. The summed E-state index contributed by atoms with van der Waals surface area (Å²) in [6.07, 6.45) is 3.66. The van der Waals surface area contributed by atoms with Crippen molar-refractivity contribution in [2.75, 3.05) is 26.2 Å². The number of sulfonamides is 1. The largest absolute Gasteiger partial charge is 0.316 e. The van der Waals surface area contributed by atoms with Crippen molar-refractivity contribution in [3.63, 3.8) is 0 Å². The summed E-state index contributed by atoms with van der Waals surface area (Å²) >= 11 is 0. The Morgan fingerprint density at radius 2 is 2.39 bits per heavy atom. The van der Waals surface area contributed by atoms with Gasteiger partial charge in [-0.2, -0.15) is 9.40 Å². The smallest absolute Gasteiger partial charge is 0.259 e. The van der Waals surface area contributed by atoms with Crippen molar-refractivity contribution in [1.29, 1.82) is 0 Å². The quantitative estimate of drug-likeness (QED) is 0.814. The number of nitrogens with one attached hydrogen (secondary N) is 2. The maximum atomic E-state index is 12.3. The predicted octanol–water partition coefficient (Wildman–Crippen LogP) is 0.420. The number of hydrogen-bond acceptors (Lipinski definition) is 4. The summed E-state index contributed by atoms with van der Waals surface area (Å²) in [6.45, 7) is 4.86. The van der Waals surface area contributed by atoms with Crippen molar-refractivity contribution in [2.45, 2.75) is 24.8 Å². The minimum atomic E-state index is -3.42. The fourth-order valence-corrected chi connectivity index (χ4v) is 3.72. The molecular weight excluding hydrogens is 252 g/mol. The monoisotopic (exact) mass is 272 g/mol. The van der Waals surface area contributed by atoms with Crippen molar-refractivity contribution < 1.29 is 8.42 Å². The highest BCUT2D eigenvalue weighted by atomic mass is 32.2. The van der Waals surface area contributed by atoms with E-state index in [1.54, 1.807) is 0 Å². The van der Waals surface area contributed by atoms with Crippen molar-refractivity contribution in [3.05, 3.63) is 12.3 Å². The highest BCUT2D eigenvalue weighted by Crippen LogP contribution is 2.17. The lowest BCUT2D eigenvalue weighted by Crippen LogP contribution is -2.41. The van der Waals surface area contributed by atoms with Crippen LogP contribution >= 0.6 is 0 Å². The van der Waals surface area contributed by atoms with Crippen LogP contribution in [0, 0.1) is 5.92 Å². The van der Waals surface area contributed by atoms with E-state index in [-0.39, 0.29) is 5.03 Å². The number of piperidine rings is 1. The van der Waals surface area contributed by atoms with Crippen LogP contribution in [0.3, 0.4) is 0 Å². The highest BCUT2D eigenvalue weighted by Gasteiger charge is 2.27. The first-order valence-electron chi connectivity index (χ1n) is 6.35. The number of aromatic amines is 1. The Balaban J connectivity index is 2.08.